The molecule has 0 bridgehead atoms. The van der Waals surface area contributed by atoms with Crippen molar-refractivity contribution in [1.29, 1.82) is 0 Å². The van der Waals surface area contributed by atoms with Gasteiger partial charge in [0, 0.05) is 31.9 Å². The summed E-state index contributed by atoms with van der Waals surface area (Å²) in [4.78, 5) is 65.9. The van der Waals surface area contributed by atoms with Crippen molar-refractivity contribution >= 4 is 34.6 Å². The second-order valence-corrected chi connectivity index (χ2v) is 13.4. The topological polar surface area (TPSA) is 170 Å². The van der Waals surface area contributed by atoms with Gasteiger partial charge in [-0.2, -0.15) is 0 Å². The van der Waals surface area contributed by atoms with Crippen LogP contribution in [0.15, 0.2) is 47.4 Å². The molecule has 0 aliphatic carbocycles. The van der Waals surface area contributed by atoms with Crippen LogP contribution in [0.4, 0.5) is 10.5 Å². The lowest BCUT2D eigenvalue weighted by Gasteiger charge is -2.36. The molecule has 0 radical (unpaired) electrons. The number of amides is 3. The molecule has 4 heterocycles. The number of piperidine rings is 1. The third-order valence-corrected chi connectivity index (χ3v) is 8.49. The van der Waals surface area contributed by atoms with E-state index in [9.17, 15) is 24.3 Å². The zero-order valence-electron chi connectivity index (χ0n) is 27.7. The second kappa shape index (κ2) is 12.8. The number of nitrogens with one attached hydrogen (secondary N) is 3. The minimum atomic E-state index is -0.874. The summed E-state index contributed by atoms with van der Waals surface area (Å²) in [5, 5.41) is 13.7. The van der Waals surface area contributed by atoms with Gasteiger partial charge >= 0.3 is 6.09 Å². The Kier molecular flexibility index (Phi) is 8.73. The first kappa shape index (κ1) is 32.8. The summed E-state index contributed by atoms with van der Waals surface area (Å²) in [7, 11) is 0. The summed E-state index contributed by atoms with van der Waals surface area (Å²) in [6, 6.07) is 10.3. The number of hydrogen-bond donors (Lipinski definition) is 4. The first-order valence-corrected chi connectivity index (χ1v) is 16.0. The van der Waals surface area contributed by atoms with Gasteiger partial charge in [0.05, 0.1) is 27.8 Å². The van der Waals surface area contributed by atoms with E-state index in [1.165, 1.54) is 11.1 Å². The molecule has 0 saturated carbocycles. The van der Waals surface area contributed by atoms with E-state index in [4.69, 9.17) is 9.47 Å². The SMILES string of the molecule is Cc1ccc(OC[C@H](O)CNc2cc[nH]c(=O)c2-c2nc3cc4c(cc3[nH]2)C(=O)N(C2CCN(C(=O)OC(C)(C)C)CC2)C4=O)c(C)c1. The van der Waals surface area contributed by atoms with Crippen LogP contribution in [0, 0.1) is 13.8 Å². The molecule has 13 heteroatoms. The molecule has 6 rings (SSSR count). The molecule has 4 N–H and O–H groups in total. The summed E-state index contributed by atoms with van der Waals surface area (Å²) < 4.78 is 11.3. The highest BCUT2D eigenvalue weighted by molar-refractivity contribution is 6.23. The monoisotopic (exact) mass is 656 g/mol. The zero-order chi connectivity index (χ0) is 34.3. The first-order valence-electron chi connectivity index (χ1n) is 16.0. The molecular weight excluding hydrogens is 616 g/mol. The normalized spacial score (nSPS) is 16.0. The Bertz CT molecular complexity index is 1900. The highest BCUT2D eigenvalue weighted by Gasteiger charge is 2.42. The third-order valence-electron chi connectivity index (χ3n) is 8.49. The number of aliphatic hydroxyl groups is 1. The molecule has 2 aromatic carbocycles. The lowest BCUT2D eigenvalue weighted by molar-refractivity contribution is 0.0156. The Hall–Kier alpha value is -5.17. The Labute approximate surface area is 277 Å². The van der Waals surface area contributed by atoms with Crippen molar-refractivity contribution in [3.8, 4) is 17.1 Å². The van der Waals surface area contributed by atoms with Gasteiger partial charge in [-0.3, -0.25) is 19.3 Å². The number of aliphatic hydroxyl groups excluding tert-OH is 1. The van der Waals surface area contributed by atoms with E-state index in [1.54, 1.807) is 43.9 Å². The van der Waals surface area contributed by atoms with Crippen LogP contribution in [-0.2, 0) is 4.74 Å². The van der Waals surface area contributed by atoms with Crippen molar-refractivity contribution in [2.75, 3.05) is 31.6 Å². The van der Waals surface area contributed by atoms with Crippen molar-refractivity contribution < 1.29 is 29.0 Å². The van der Waals surface area contributed by atoms with Gasteiger partial charge in [0.1, 0.15) is 35.4 Å². The average Bonchev–Trinajstić information content (AvgIpc) is 3.54. The van der Waals surface area contributed by atoms with Crippen molar-refractivity contribution in [2.24, 2.45) is 0 Å². The minimum Gasteiger partial charge on any atom is -0.491 e. The van der Waals surface area contributed by atoms with Gasteiger partial charge < -0.3 is 34.8 Å². The number of anilines is 1. The summed E-state index contributed by atoms with van der Waals surface area (Å²) in [5.74, 6) is 0.120. The molecule has 2 aliphatic rings. The number of imidazole rings is 1. The summed E-state index contributed by atoms with van der Waals surface area (Å²) in [6.07, 6.45) is 1.11. The highest BCUT2D eigenvalue weighted by Crippen LogP contribution is 2.33. The Morgan fingerprint density at radius 3 is 2.46 bits per heavy atom. The number of carbonyl (C=O) groups excluding carboxylic acids is 3. The Morgan fingerprint density at radius 1 is 1.06 bits per heavy atom. The van der Waals surface area contributed by atoms with Crippen molar-refractivity contribution in [2.45, 2.75) is 65.2 Å². The molecule has 1 fully saturated rings. The zero-order valence-corrected chi connectivity index (χ0v) is 27.7. The molecule has 0 unspecified atom stereocenters. The third kappa shape index (κ3) is 6.63. The van der Waals surface area contributed by atoms with Crippen LogP contribution in [0.5, 0.6) is 5.75 Å². The lowest BCUT2D eigenvalue weighted by atomic mass is 10.0. The maximum atomic E-state index is 13.5. The number of carbonyl (C=O) groups is 3. The van der Waals surface area contributed by atoms with E-state index >= 15 is 0 Å². The number of hydrogen-bond acceptors (Lipinski definition) is 9. The minimum absolute atomic E-state index is 0.0492. The predicted octanol–water partition coefficient (Wildman–Crippen LogP) is 4.38. The van der Waals surface area contributed by atoms with Crippen LogP contribution in [0.1, 0.15) is 65.5 Å². The summed E-state index contributed by atoms with van der Waals surface area (Å²) >= 11 is 0. The van der Waals surface area contributed by atoms with E-state index in [1.807, 2.05) is 32.0 Å². The maximum Gasteiger partial charge on any atom is 0.410 e. The van der Waals surface area contributed by atoms with Crippen LogP contribution in [0.2, 0.25) is 0 Å². The second-order valence-electron chi connectivity index (χ2n) is 13.4. The van der Waals surface area contributed by atoms with Crippen LogP contribution in [0.25, 0.3) is 22.4 Å². The molecular formula is C35H40N6O7. The van der Waals surface area contributed by atoms with Crippen LogP contribution in [0.3, 0.4) is 0 Å². The summed E-state index contributed by atoms with van der Waals surface area (Å²) in [5.41, 5.74) is 3.12. The Balaban J connectivity index is 1.15. The van der Waals surface area contributed by atoms with Crippen LogP contribution >= 0.6 is 0 Å². The number of benzene rings is 2. The maximum absolute atomic E-state index is 13.5. The highest BCUT2D eigenvalue weighted by atomic mass is 16.6. The average molecular weight is 657 g/mol. The molecule has 1 saturated heterocycles. The largest absolute Gasteiger partial charge is 0.491 e. The molecule has 4 aromatic rings. The number of nitrogens with zero attached hydrogens (tertiary/aromatic N) is 3. The van der Waals surface area contributed by atoms with Crippen molar-refractivity contribution in [3.05, 3.63) is 75.2 Å². The fraction of sp³-hybridized carbons (Fsp3) is 0.400. The van der Waals surface area contributed by atoms with Gasteiger partial charge in [-0.05, 0) is 77.3 Å². The van der Waals surface area contributed by atoms with Crippen molar-refractivity contribution in [3.63, 3.8) is 0 Å². The molecule has 13 nitrogen and oxygen atoms in total. The fourth-order valence-electron chi connectivity index (χ4n) is 6.14. The number of H-pyrrole nitrogens is 2. The van der Waals surface area contributed by atoms with Gasteiger partial charge in [0.15, 0.2) is 0 Å². The van der Waals surface area contributed by atoms with Crippen molar-refractivity contribution in [1.82, 2.24) is 24.8 Å². The standard InChI is InChI=1S/C35H40N6O7/c1-19-6-7-28(20(2)14-19)47-18-22(42)17-37-25-8-11-36-31(43)29(25)30-38-26-15-23-24(16-27(26)39-30)33(45)41(32(23)44)21-9-12-40(13-10-21)34(46)48-35(3,4)5/h6-8,11,14-16,21-22,42H,9-10,12-13,17-18H2,1-5H3,(H,38,39)(H2,36,37,43)/t22-/m1/s1. The van der Waals surface area contributed by atoms with E-state index in [0.29, 0.717) is 48.4 Å². The quantitative estimate of drug-likeness (QED) is 0.201. The number of aryl methyl sites for hydroxylation is 2. The number of ether oxygens (including phenoxy) is 2. The van der Waals surface area contributed by atoms with E-state index in [-0.39, 0.29) is 41.7 Å². The number of rotatable bonds is 8. The number of aromatic nitrogens is 3. The lowest BCUT2D eigenvalue weighted by Crippen LogP contribution is -2.49. The van der Waals surface area contributed by atoms with Gasteiger partial charge in [0.2, 0.25) is 0 Å². The molecule has 48 heavy (non-hydrogen) atoms. The van der Waals surface area contributed by atoms with Gasteiger partial charge in [-0.1, -0.05) is 17.7 Å². The number of pyridine rings is 1. The van der Waals surface area contributed by atoms with Gasteiger partial charge in [-0.25, -0.2) is 9.78 Å². The fourth-order valence-corrected chi connectivity index (χ4v) is 6.14. The number of imide groups is 1. The number of aromatic amines is 2. The number of likely N-dealkylation sites (tertiary alicyclic amines) is 1. The predicted molar refractivity (Wildman–Crippen MR) is 179 cm³/mol. The van der Waals surface area contributed by atoms with Gasteiger partial charge in [0.25, 0.3) is 17.4 Å². The molecule has 2 aliphatic heterocycles. The number of fused-ring (bicyclic) bond motifs is 2. The smallest absolute Gasteiger partial charge is 0.410 e. The van der Waals surface area contributed by atoms with E-state index in [0.717, 1.165) is 11.1 Å². The van der Waals surface area contributed by atoms with Gasteiger partial charge in [-0.15, -0.1) is 0 Å². The molecule has 3 amide bonds. The molecule has 1 atom stereocenters. The Morgan fingerprint density at radius 2 is 1.77 bits per heavy atom. The van der Waals surface area contributed by atoms with E-state index in [2.05, 4.69) is 20.3 Å². The molecule has 2 aromatic heterocycles. The van der Waals surface area contributed by atoms with Crippen LogP contribution in [-0.4, -0.2) is 91.8 Å². The summed E-state index contributed by atoms with van der Waals surface area (Å²) in [6.45, 7) is 10.3. The van der Waals surface area contributed by atoms with E-state index < -0.39 is 35.2 Å². The first-order chi connectivity index (χ1) is 22.8. The van der Waals surface area contributed by atoms with Crippen LogP contribution < -0.4 is 15.6 Å². The molecule has 252 valence electrons. The molecule has 0 spiro atoms.